The molecule has 0 aromatic heterocycles. The van der Waals surface area contributed by atoms with Gasteiger partial charge in [-0.3, -0.25) is 14.5 Å². The number of amides is 2. The fraction of sp³-hybridized carbons (Fsp3) is 0.667. The second-order valence-corrected chi connectivity index (χ2v) is 9.20. The van der Waals surface area contributed by atoms with Gasteiger partial charge in [-0.2, -0.15) is 0 Å². The van der Waals surface area contributed by atoms with E-state index < -0.39 is 6.10 Å². The Balaban J connectivity index is 1.48. The molecule has 4 rings (SSSR count). The molecule has 0 radical (unpaired) electrons. The van der Waals surface area contributed by atoms with Crippen LogP contribution in [0.2, 0.25) is 0 Å². The molecule has 2 atom stereocenters. The molecule has 1 aromatic carbocycles. The van der Waals surface area contributed by atoms with E-state index in [1.54, 1.807) is 11.9 Å². The molecule has 0 spiro atoms. The number of benzene rings is 1. The van der Waals surface area contributed by atoms with E-state index in [0.717, 1.165) is 38.3 Å². The summed E-state index contributed by atoms with van der Waals surface area (Å²) in [5.74, 6) is -0.0808. The molecule has 0 bridgehead atoms. The Morgan fingerprint density at radius 2 is 1.71 bits per heavy atom. The van der Waals surface area contributed by atoms with E-state index in [9.17, 15) is 9.59 Å². The van der Waals surface area contributed by atoms with Gasteiger partial charge in [0.25, 0.3) is 5.91 Å². The van der Waals surface area contributed by atoms with Gasteiger partial charge in [-0.1, -0.05) is 43.2 Å². The summed E-state index contributed by atoms with van der Waals surface area (Å²) in [5.41, 5.74) is 1.12. The fourth-order valence-electron chi connectivity index (χ4n) is 5.21. The monoisotopic (exact) mass is 428 g/mol. The molecule has 2 saturated heterocycles. The quantitative estimate of drug-likeness (QED) is 0.713. The molecule has 0 unspecified atom stereocenters. The largest absolute Gasteiger partial charge is 0.365 e. The smallest absolute Gasteiger partial charge is 0.253 e. The van der Waals surface area contributed by atoms with Crippen LogP contribution in [0.15, 0.2) is 30.3 Å². The van der Waals surface area contributed by atoms with Crippen LogP contribution in [0.25, 0.3) is 0 Å². The van der Waals surface area contributed by atoms with E-state index in [-0.39, 0.29) is 24.4 Å². The first kappa shape index (κ1) is 22.2. The van der Waals surface area contributed by atoms with Crippen LogP contribution in [-0.2, 0) is 14.3 Å². The number of morpholine rings is 1. The molecule has 2 heterocycles. The van der Waals surface area contributed by atoms with Gasteiger partial charge in [0.1, 0.15) is 0 Å². The Morgan fingerprint density at radius 3 is 2.39 bits per heavy atom. The highest BCUT2D eigenvalue weighted by Gasteiger charge is 2.42. The fourth-order valence-corrected chi connectivity index (χ4v) is 5.21. The van der Waals surface area contributed by atoms with Crippen molar-refractivity contribution < 1.29 is 14.3 Å². The number of hydrogen-bond acceptors (Lipinski definition) is 5. The van der Waals surface area contributed by atoms with Gasteiger partial charge in [0, 0.05) is 45.8 Å². The Labute approximate surface area is 185 Å². The van der Waals surface area contributed by atoms with E-state index in [2.05, 4.69) is 29.0 Å². The van der Waals surface area contributed by atoms with Gasteiger partial charge in [-0.05, 0) is 25.5 Å². The summed E-state index contributed by atoms with van der Waals surface area (Å²) >= 11 is 0. The molecule has 0 N–H and O–H groups in total. The topological polar surface area (TPSA) is 56.3 Å². The van der Waals surface area contributed by atoms with Crippen LogP contribution < -0.4 is 0 Å². The van der Waals surface area contributed by atoms with Gasteiger partial charge >= 0.3 is 0 Å². The molecule has 2 amide bonds. The minimum atomic E-state index is -0.581. The average Bonchev–Trinajstić information content (AvgIpc) is 3.34. The van der Waals surface area contributed by atoms with Crippen LogP contribution in [0.1, 0.15) is 37.3 Å². The van der Waals surface area contributed by atoms with Crippen LogP contribution in [-0.4, -0.2) is 104 Å². The van der Waals surface area contributed by atoms with Crippen LogP contribution >= 0.6 is 0 Å². The van der Waals surface area contributed by atoms with E-state index in [1.165, 1.54) is 25.7 Å². The summed E-state index contributed by atoms with van der Waals surface area (Å²) in [5, 5.41) is 0. The van der Waals surface area contributed by atoms with Crippen molar-refractivity contribution in [3.05, 3.63) is 35.9 Å². The highest BCUT2D eigenvalue weighted by atomic mass is 16.5. The SMILES string of the molecule is CN1CCN(C(=O)CN(C)C(=O)[C@@H]2OCCN(C3CCCC3)[C@H]2c2ccccc2)CC1. The Morgan fingerprint density at radius 1 is 1.03 bits per heavy atom. The number of carbonyl (C=O) groups excluding carboxylic acids is 2. The molecule has 7 nitrogen and oxygen atoms in total. The normalized spacial score (nSPS) is 26.2. The number of hydrogen-bond donors (Lipinski definition) is 0. The Bertz CT molecular complexity index is 744. The minimum absolute atomic E-state index is 0.0173. The maximum Gasteiger partial charge on any atom is 0.253 e. The lowest BCUT2D eigenvalue weighted by molar-refractivity contribution is -0.160. The second-order valence-electron chi connectivity index (χ2n) is 9.20. The van der Waals surface area contributed by atoms with Crippen molar-refractivity contribution in [3.8, 4) is 0 Å². The molecule has 2 aliphatic heterocycles. The third-order valence-electron chi connectivity index (χ3n) is 7.07. The summed E-state index contributed by atoms with van der Waals surface area (Å²) in [4.78, 5) is 34.4. The summed E-state index contributed by atoms with van der Waals surface area (Å²) < 4.78 is 6.09. The molecule has 170 valence electrons. The molecule has 3 fully saturated rings. The Kier molecular flexibility index (Phi) is 7.25. The number of likely N-dealkylation sites (N-methyl/N-ethyl adjacent to an activating group) is 2. The van der Waals surface area contributed by atoms with Crippen molar-refractivity contribution in [3.63, 3.8) is 0 Å². The number of carbonyl (C=O) groups is 2. The predicted molar refractivity (Wildman–Crippen MR) is 120 cm³/mol. The van der Waals surface area contributed by atoms with Crippen molar-refractivity contribution in [2.75, 3.05) is 60.0 Å². The first-order valence-corrected chi connectivity index (χ1v) is 11.7. The number of rotatable bonds is 5. The van der Waals surface area contributed by atoms with Crippen molar-refractivity contribution in [2.45, 2.75) is 43.9 Å². The zero-order chi connectivity index (χ0) is 21.8. The van der Waals surface area contributed by atoms with Gasteiger partial charge < -0.3 is 19.4 Å². The number of ether oxygens (including phenoxy) is 1. The van der Waals surface area contributed by atoms with Crippen LogP contribution in [0.5, 0.6) is 0 Å². The molecular formula is C24H36N4O3. The van der Waals surface area contributed by atoms with Gasteiger partial charge in [0.05, 0.1) is 19.2 Å². The highest BCUT2D eigenvalue weighted by Crippen LogP contribution is 2.36. The summed E-state index contributed by atoms with van der Waals surface area (Å²) in [6.45, 7) is 4.70. The lowest BCUT2D eigenvalue weighted by Crippen LogP contribution is -2.56. The molecule has 1 aromatic rings. The van der Waals surface area contributed by atoms with Crippen LogP contribution in [0.4, 0.5) is 0 Å². The minimum Gasteiger partial charge on any atom is -0.365 e. The van der Waals surface area contributed by atoms with Crippen molar-refractivity contribution in [1.82, 2.24) is 19.6 Å². The van der Waals surface area contributed by atoms with Crippen molar-refractivity contribution in [2.24, 2.45) is 0 Å². The molecule has 31 heavy (non-hydrogen) atoms. The predicted octanol–water partition coefficient (Wildman–Crippen LogP) is 1.60. The number of nitrogens with zero attached hydrogens (tertiary/aromatic N) is 4. The van der Waals surface area contributed by atoms with Crippen molar-refractivity contribution in [1.29, 1.82) is 0 Å². The first-order chi connectivity index (χ1) is 15.0. The summed E-state index contributed by atoms with van der Waals surface area (Å²) in [6, 6.07) is 10.6. The first-order valence-electron chi connectivity index (χ1n) is 11.7. The molecule has 3 aliphatic rings. The second kappa shape index (κ2) is 10.1. The van der Waals surface area contributed by atoms with Crippen LogP contribution in [0, 0.1) is 0 Å². The number of piperazine rings is 1. The van der Waals surface area contributed by atoms with E-state index in [4.69, 9.17) is 4.74 Å². The van der Waals surface area contributed by atoms with Gasteiger partial charge in [0.15, 0.2) is 6.10 Å². The molecular weight excluding hydrogens is 392 g/mol. The maximum atomic E-state index is 13.5. The van der Waals surface area contributed by atoms with Gasteiger partial charge in [-0.15, -0.1) is 0 Å². The lowest BCUT2D eigenvalue weighted by Gasteiger charge is -2.44. The average molecular weight is 429 g/mol. The third kappa shape index (κ3) is 5.10. The Hall–Kier alpha value is -1.96. The molecule has 7 heteroatoms. The zero-order valence-corrected chi connectivity index (χ0v) is 18.9. The highest BCUT2D eigenvalue weighted by molar-refractivity contribution is 5.87. The third-order valence-corrected chi connectivity index (χ3v) is 7.07. The van der Waals surface area contributed by atoms with Crippen molar-refractivity contribution >= 4 is 11.8 Å². The molecule has 1 saturated carbocycles. The lowest BCUT2D eigenvalue weighted by atomic mass is 9.95. The van der Waals surface area contributed by atoms with E-state index in [1.807, 2.05) is 23.1 Å². The maximum absolute atomic E-state index is 13.5. The standard InChI is InChI=1S/C24H36N4O3/c1-25-12-14-27(15-13-25)21(29)18-26(2)24(30)23-22(19-8-4-3-5-9-19)28(16-17-31-23)20-10-6-7-11-20/h3-5,8-9,20,22-23H,6-7,10-18H2,1-2H3/t22-,23+/m0/s1. The molecule has 1 aliphatic carbocycles. The van der Waals surface area contributed by atoms with Gasteiger partial charge in [0.2, 0.25) is 5.91 Å². The van der Waals surface area contributed by atoms with Gasteiger partial charge in [-0.25, -0.2) is 0 Å². The summed E-state index contributed by atoms with van der Waals surface area (Å²) in [7, 11) is 3.80. The zero-order valence-electron chi connectivity index (χ0n) is 18.9. The van der Waals surface area contributed by atoms with E-state index >= 15 is 0 Å². The van der Waals surface area contributed by atoms with E-state index in [0.29, 0.717) is 12.6 Å². The van der Waals surface area contributed by atoms with Crippen LogP contribution in [0.3, 0.4) is 0 Å². The summed E-state index contributed by atoms with van der Waals surface area (Å²) in [6.07, 6.45) is 4.29.